The standard InChI is InChI=1S/C9H11BrO3S/c10-8-3-1-7(2-4-8)9(5-6-11)14(12)13/h1-4,9,11,14H,5-6H2. The van der Waals surface area contributed by atoms with Crippen molar-refractivity contribution in [2.45, 2.75) is 11.7 Å². The van der Waals surface area contributed by atoms with Crippen LogP contribution in [0.2, 0.25) is 0 Å². The number of aliphatic hydroxyl groups is 1. The molecule has 0 aromatic heterocycles. The Bertz CT molecular complexity index is 351. The molecule has 0 aliphatic rings. The summed E-state index contributed by atoms with van der Waals surface area (Å²) < 4.78 is 22.7. The second-order valence-corrected chi connectivity index (χ2v) is 4.97. The number of hydrogen-bond acceptors (Lipinski definition) is 3. The first-order valence-corrected chi connectivity index (χ1v) is 6.19. The molecule has 1 atom stereocenters. The lowest BCUT2D eigenvalue weighted by atomic mass is 10.1. The van der Waals surface area contributed by atoms with Crippen LogP contribution in [0, 0.1) is 0 Å². The van der Waals surface area contributed by atoms with Crippen LogP contribution in [0.3, 0.4) is 0 Å². The maximum atomic E-state index is 10.9. The van der Waals surface area contributed by atoms with Gasteiger partial charge in [-0.15, -0.1) is 0 Å². The number of aliphatic hydroxyl groups excluding tert-OH is 1. The van der Waals surface area contributed by atoms with Gasteiger partial charge in [-0.2, -0.15) is 0 Å². The normalized spacial score (nSPS) is 13.1. The van der Waals surface area contributed by atoms with Crippen LogP contribution in [0.5, 0.6) is 0 Å². The molecule has 1 aromatic rings. The minimum atomic E-state index is -2.53. The van der Waals surface area contributed by atoms with Gasteiger partial charge in [0.05, 0.1) is 5.25 Å². The number of halogens is 1. The summed E-state index contributed by atoms with van der Waals surface area (Å²) in [6, 6.07) is 7.07. The zero-order valence-electron chi connectivity index (χ0n) is 7.39. The molecule has 0 fully saturated rings. The van der Waals surface area contributed by atoms with Crippen molar-refractivity contribution in [3.8, 4) is 0 Å². The summed E-state index contributed by atoms with van der Waals surface area (Å²) in [6.07, 6.45) is 0.250. The summed E-state index contributed by atoms with van der Waals surface area (Å²) in [5.74, 6) is 0. The third-order valence-electron chi connectivity index (χ3n) is 1.91. The molecule has 1 rings (SSSR count). The minimum absolute atomic E-state index is 0.121. The molecule has 1 unspecified atom stereocenters. The van der Waals surface area contributed by atoms with E-state index in [0.717, 1.165) is 10.0 Å². The molecule has 0 aliphatic carbocycles. The van der Waals surface area contributed by atoms with Crippen LogP contribution in [0.1, 0.15) is 17.2 Å². The van der Waals surface area contributed by atoms with E-state index in [4.69, 9.17) is 5.11 Å². The fourth-order valence-electron chi connectivity index (χ4n) is 1.20. The molecule has 0 heterocycles. The van der Waals surface area contributed by atoms with E-state index in [1.807, 2.05) is 0 Å². The summed E-state index contributed by atoms with van der Waals surface area (Å²) in [4.78, 5) is 0. The highest BCUT2D eigenvalue weighted by Gasteiger charge is 2.13. The third-order valence-corrected chi connectivity index (χ3v) is 3.51. The second kappa shape index (κ2) is 5.48. The number of hydrogen-bond donors (Lipinski definition) is 2. The van der Waals surface area contributed by atoms with Gasteiger partial charge in [0.1, 0.15) is 10.7 Å². The predicted molar refractivity (Wildman–Crippen MR) is 58.9 cm³/mol. The molecule has 0 radical (unpaired) electrons. The monoisotopic (exact) mass is 278 g/mol. The van der Waals surface area contributed by atoms with Crippen molar-refractivity contribution in [2.24, 2.45) is 0 Å². The zero-order chi connectivity index (χ0) is 10.6. The van der Waals surface area contributed by atoms with Crippen molar-refractivity contribution in [2.75, 3.05) is 6.61 Å². The van der Waals surface area contributed by atoms with Crippen LogP contribution in [-0.2, 0) is 10.7 Å². The molecule has 3 nitrogen and oxygen atoms in total. The van der Waals surface area contributed by atoms with Crippen molar-refractivity contribution in [1.29, 1.82) is 0 Å². The lowest BCUT2D eigenvalue weighted by Crippen LogP contribution is -2.03. The molecule has 14 heavy (non-hydrogen) atoms. The lowest BCUT2D eigenvalue weighted by molar-refractivity contribution is 0.286. The fourth-order valence-corrected chi connectivity index (χ4v) is 2.21. The summed E-state index contributed by atoms with van der Waals surface area (Å²) in [6.45, 7) is -0.121. The van der Waals surface area contributed by atoms with Gasteiger partial charge in [0.25, 0.3) is 0 Å². The van der Waals surface area contributed by atoms with Crippen molar-refractivity contribution in [3.63, 3.8) is 0 Å². The quantitative estimate of drug-likeness (QED) is 0.821. The molecule has 0 saturated carbocycles. The van der Waals surface area contributed by atoms with Crippen LogP contribution in [-0.4, -0.2) is 20.1 Å². The van der Waals surface area contributed by atoms with Gasteiger partial charge < -0.3 is 5.11 Å². The zero-order valence-corrected chi connectivity index (χ0v) is 9.87. The fraction of sp³-hybridized carbons (Fsp3) is 0.333. The van der Waals surface area contributed by atoms with Crippen molar-refractivity contribution >= 4 is 26.6 Å². The van der Waals surface area contributed by atoms with Gasteiger partial charge in [-0.3, -0.25) is 0 Å². The molecule has 1 N–H and O–H groups in total. The molecular formula is C9H11BrO3S. The number of benzene rings is 1. The van der Waals surface area contributed by atoms with Crippen molar-refractivity contribution < 1.29 is 13.5 Å². The van der Waals surface area contributed by atoms with Crippen LogP contribution in [0.15, 0.2) is 28.7 Å². The van der Waals surface area contributed by atoms with Crippen molar-refractivity contribution in [1.82, 2.24) is 0 Å². The molecule has 0 spiro atoms. The van der Waals surface area contributed by atoms with E-state index >= 15 is 0 Å². The third kappa shape index (κ3) is 3.08. The Morgan fingerprint density at radius 3 is 2.29 bits per heavy atom. The van der Waals surface area contributed by atoms with Crippen molar-refractivity contribution in [3.05, 3.63) is 34.3 Å². The first kappa shape index (κ1) is 11.7. The van der Waals surface area contributed by atoms with Gasteiger partial charge >= 0.3 is 0 Å². The topological polar surface area (TPSA) is 54.4 Å². The number of thiol groups is 1. The average Bonchev–Trinajstić information content (AvgIpc) is 2.15. The maximum absolute atomic E-state index is 10.9. The average molecular weight is 279 g/mol. The molecule has 5 heteroatoms. The van der Waals surface area contributed by atoms with E-state index in [0.29, 0.717) is 0 Å². The predicted octanol–water partition coefficient (Wildman–Crippen LogP) is 1.48. The summed E-state index contributed by atoms with van der Waals surface area (Å²) in [5, 5.41) is 8.14. The number of rotatable bonds is 4. The lowest BCUT2D eigenvalue weighted by Gasteiger charge is -2.08. The highest BCUT2D eigenvalue weighted by Crippen LogP contribution is 2.22. The van der Waals surface area contributed by atoms with E-state index < -0.39 is 16.0 Å². The summed E-state index contributed by atoms with van der Waals surface area (Å²) >= 11 is 3.27. The van der Waals surface area contributed by atoms with E-state index in [9.17, 15) is 8.42 Å². The smallest absolute Gasteiger partial charge is 0.147 e. The highest BCUT2D eigenvalue weighted by molar-refractivity contribution is 9.10. The first-order valence-electron chi connectivity index (χ1n) is 4.15. The molecule has 0 saturated heterocycles. The Kier molecular flexibility index (Phi) is 4.57. The Morgan fingerprint density at radius 1 is 1.29 bits per heavy atom. The molecule has 0 amide bonds. The molecule has 0 aliphatic heterocycles. The van der Waals surface area contributed by atoms with E-state index in [1.54, 1.807) is 24.3 Å². The Balaban J connectivity index is 2.93. The summed E-state index contributed by atoms with van der Waals surface area (Å²) in [5.41, 5.74) is 0.721. The van der Waals surface area contributed by atoms with Crippen LogP contribution < -0.4 is 0 Å². The van der Waals surface area contributed by atoms with Gasteiger partial charge in [0.15, 0.2) is 0 Å². The molecule has 0 bridgehead atoms. The van der Waals surface area contributed by atoms with Crippen LogP contribution in [0.25, 0.3) is 0 Å². The molecule has 78 valence electrons. The molecular weight excluding hydrogens is 268 g/mol. The van der Waals surface area contributed by atoms with Gasteiger partial charge in [-0.25, -0.2) is 8.42 Å². The summed E-state index contributed by atoms with van der Waals surface area (Å²) in [7, 11) is -2.53. The Morgan fingerprint density at radius 2 is 1.86 bits per heavy atom. The SMILES string of the molecule is O=[SH](=O)C(CCO)c1ccc(Br)cc1. The van der Waals surface area contributed by atoms with Gasteiger partial charge in [-0.1, -0.05) is 28.1 Å². The van der Waals surface area contributed by atoms with Gasteiger partial charge in [0, 0.05) is 11.1 Å². The van der Waals surface area contributed by atoms with E-state index in [1.165, 1.54) is 0 Å². The molecule has 1 aromatic carbocycles. The van der Waals surface area contributed by atoms with Crippen LogP contribution >= 0.6 is 15.9 Å². The van der Waals surface area contributed by atoms with E-state index in [-0.39, 0.29) is 13.0 Å². The highest BCUT2D eigenvalue weighted by atomic mass is 79.9. The second-order valence-electron chi connectivity index (χ2n) is 2.86. The van der Waals surface area contributed by atoms with Crippen LogP contribution in [0.4, 0.5) is 0 Å². The first-order chi connectivity index (χ1) is 6.65. The minimum Gasteiger partial charge on any atom is -0.396 e. The van der Waals surface area contributed by atoms with Gasteiger partial charge in [-0.05, 0) is 24.1 Å². The Hall–Kier alpha value is -0.390. The van der Waals surface area contributed by atoms with E-state index in [2.05, 4.69) is 15.9 Å². The Labute approximate surface area is 92.8 Å². The largest absolute Gasteiger partial charge is 0.396 e. The maximum Gasteiger partial charge on any atom is 0.147 e. The van der Waals surface area contributed by atoms with Gasteiger partial charge in [0.2, 0.25) is 0 Å².